The Morgan fingerprint density at radius 1 is 1.21 bits per heavy atom. The minimum absolute atomic E-state index is 0.174. The number of anilines is 1. The van der Waals surface area contributed by atoms with Gasteiger partial charge in [0, 0.05) is 16.3 Å². The van der Waals surface area contributed by atoms with Gasteiger partial charge in [0.1, 0.15) is 5.84 Å². The molecule has 0 amide bonds. The Morgan fingerprint density at radius 2 is 1.88 bits per heavy atom. The molecule has 24 heavy (non-hydrogen) atoms. The van der Waals surface area contributed by atoms with Crippen LogP contribution in [0.1, 0.15) is 16.7 Å². The van der Waals surface area contributed by atoms with E-state index in [9.17, 15) is 15.0 Å². The molecule has 1 heterocycles. The highest BCUT2D eigenvalue weighted by atomic mass is 35.5. The molecule has 0 saturated carbocycles. The monoisotopic (exact) mass is 344 g/mol. The van der Waals surface area contributed by atoms with E-state index < -0.39 is 11.7 Å². The molecule has 0 spiro atoms. The zero-order valence-corrected chi connectivity index (χ0v) is 14.1. The highest BCUT2D eigenvalue weighted by Gasteiger charge is 2.45. The zero-order valence-electron chi connectivity index (χ0n) is 13.3. The molecule has 1 aliphatic rings. The third-order valence-corrected chi connectivity index (χ3v) is 4.27. The number of aliphatic carboxylic acids is 1. The summed E-state index contributed by atoms with van der Waals surface area (Å²) in [4.78, 5) is 17.3. The summed E-state index contributed by atoms with van der Waals surface area (Å²) in [6.07, 6.45) is 0. The second-order valence-corrected chi connectivity index (χ2v) is 6.38. The third-order valence-electron chi connectivity index (χ3n) is 4.04. The van der Waals surface area contributed by atoms with Crippen LogP contribution >= 0.6 is 11.6 Å². The summed E-state index contributed by atoms with van der Waals surface area (Å²) in [5.41, 5.74) is 1.26. The van der Waals surface area contributed by atoms with E-state index >= 15 is 0 Å². The van der Waals surface area contributed by atoms with Crippen molar-refractivity contribution in [3.63, 3.8) is 0 Å². The van der Waals surface area contributed by atoms with Crippen LogP contribution in [0.25, 0.3) is 0 Å². The van der Waals surface area contributed by atoms with Gasteiger partial charge in [-0.05, 0) is 31.5 Å². The summed E-state index contributed by atoms with van der Waals surface area (Å²) in [7, 11) is 0. The molecule has 0 radical (unpaired) electrons. The summed E-state index contributed by atoms with van der Waals surface area (Å²) < 4.78 is 0. The van der Waals surface area contributed by atoms with Crippen LogP contribution in [0.3, 0.4) is 0 Å². The molecule has 6 heteroatoms. The number of carbonyl (C=O) groups is 1. The van der Waals surface area contributed by atoms with E-state index in [0.29, 0.717) is 10.9 Å². The first kappa shape index (κ1) is 16.5. The fourth-order valence-corrected chi connectivity index (χ4v) is 2.84. The van der Waals surface area contributed by atoms with E-state index in [1.807, 2.05) is 44.2 Å². The topological polar surface area (TPSA) is 73.1 Å². The van der Waals surface area contributed by atoms with E-state index in [1.165, 1.54) is 0 Å². The van der Waals surface area contributed by atoms with Gasteiger partial charge in [0.25, 0.3) is 5.72 Å². The molecule has 0 aliphatic carbocycles. The van der Waals surface area contributed by atoms with Crippen molar-refractivity contribution >= 4 is 29.1 Å². The first-order chi connectivity index (χ1) is 11.3. The van der Waals surface area contributed by atoms with Crippen molar-refractivity contribution in [3.8, 4) is 0 Å². The standard InChI is InChI=1S/C18H17ClN2O3/c1-11-3-6-13(7-4-11)16-20-18(24,17(22)23)10-21(16)15-9-14(19)8-5-12(15)2/h3-9,24H,10H2,1-2H3,(H,22,23). The summed E-state index contributed by atoms with van der Waals surface area (Å²) in [6, 6.07) is 12.9. The van der Waals surface area contributed by atoms with Crippen LogP contribution in [0.2, 0.25) is 5.02 Å². The average molecular weight is 345 g/mol. The Hall–Kier alpha value is -2.37. The number of amidine groups is 1. The van der Waals surface area contributed by atoms with Gasteiger partial charge in [-0.15, -0.1) is 0 Å². The maximum Gasteiger partial charge on any atom is 0.361 e. The molecule has 0 saturated heterocycles. The van der Waals surface area contributed by atoms with Crippen LogP contribution < -0.4 is 4.90 Å². The van der Waals surface area contributed by atoms with Crippen molar-refractivity contribution in [1.82, 2.24) is 0 Å². The molecule has 1 unspecified atom stereocenters. The fraction of sp³-hybridized carbons (Fsp3) is 0.222. The smallest absolute Gasteiger partial charge is 0.361 e. The van der Waals surface area contributed by atoms with Crippen molar-refractivity contribution in [1.29, 1.82) is 0 Å². The lowest BCUT2D eigenvalue weighted by atomic mass is 10.1. The van der Waals surface area contributed by atoms with Crippen LogP contribution in [-0.4, -0.2) is 34.3 Å². The molecule has 0 aromatic heterocycles. The van der Waals surface area contributed by atoms with Gasteiger partial charge in [-0.3, -0.25) is 0 Å². The maximum absolute atomic E-state index is 11.5. The van der Waals surface area contributed by atoms with Gasteiger partial charge in [0.2, 0.25) is 0 Å². The number of halogens is 1. The predicted octanol–water partition coefficient (Wildman–Crippen LogP) is 3.00. The molecule has 0 bridgehead atoms. The number of carboxylic acids is 1. The lowest BCUT2D eigenvalue weighted by molar-refractivity contribution is -0.155. The number of carboxylic acid groups (broad SMARTS) is 1. The second kappa shape index (κ2) is 5.92. The van der Waals surface area contributed by atoms with E-state index in [0.717, 1.165) is 22.4 Å². The molecular formula is C18H17ClN2O3. The number of benzene rings is 2. The summed E-state index contributed by atoms with van der Waals surface area (Å²) in [5.74, 6) is -0.973. The Labute approximate surface area is 144 Å². The van der Waals surface area contributed by atoms with Crippen LogP contribution in [0.15, 0.2) is 47.5 Å². The quantitative estimate of drug-likeness (QED) is 0.897. The van der Waals surface area contributed by atoms with Crippen molar-refractivity contribution in [3.05, 3.63) is 64.2 Å². The minimum atomic E-state index is -2.19. The third kappa shape index (κ3) is 2.88. The number of rotatable bonds is 3. The Bertz CT molecular complexity index is 833. The SMILES string of the molecule is Cc1ccc(C2=NC(O)(C(=O)O)CN2c2cc(Cl)ccc2C)cc1. The van der Waals surface area contributed by atoms with E-state index in [1.54, 1.807) is 17.0 Å². The van der Waals surface area contributed by atoms with E-state index in [2.05, 4.69) is 4.99 Å². The fourth-order valence-electron chi connectivity index (χ4n) is 2.68. The van der Waals surface area contributed by atoms with Crippen molar-refractivity contribution in [2.75, 3.05) is 11.4 Å². The highest BCUT2D eigenvalue weighted by Crippen LogP contribution is 2.32. The van der Waals surface area contributed by atoms with E-state index in [-0.39, 0.29) is 6.54 Å². The van der Waals surface area contributed by atoms with E-state index in [4.69, 9.17) is 11.6 Å². The van der Waals surface area contributed by atoms with Crippen LogP contribution in [0, 0.1) is 13.8 Å². The molecule has 1 atom stereocenters. The summed E-state index contributed by atoms with van der Waals surface area (Å²) in [6.45, 7) is 3.69. The number of hydrogen-bond acceptors (Lipinski definition) is 4. The number of β-amino-alcohol motifs (C(OH)–C–C–N with tert-alkyl or cyclic N) is 1. The lowest BCUT2D eigenvalue weighted by Crippen LogP contribution is -2.42. The Kier molecular flexibility index (Phi) is 4.07. The number of nitrogens with zero attached hydrogens (tertiary/aromatic N) is 2. The molecule has 2 aromatic rings. The molecular weight excluding hydrogens is 328 g/mol. The lowest BCUT2D eigenvalue weighted by Gasteiger charge is -2.24. The van der Waals surface area contributed by atoms with Crippen molar-refractivity contribution in [2.24, 2.45) is 4.99 Å². The summed E-state index contributed by atoms with van der Waals surface area (Å²) in [5, 5.41) is 20.3. The van der Waals surface area contributed by atoms with Gasteiger partial charge >= 0.3 is 5.97 Å². The molecule has 124 valence electrons. The van der Waals surface area contributed by atoms with Gasteiger partial charge < -0.3 is 15.1 Å². The normalized spacial score (nSPS) is 20.2. The molecule has 3 rings (SSSR count). The van der Waals surface area contributed by atoms with Gasteiger partial charge in [0.05, 0.1) is 6.54 Å². The second-order valence-electron chi connectivity index (χ2n) is 5.94. The first-order valence-corrected chi connectivity index (χ1v) is 7.84. The van der Waals surface area contributed by atoms with Gasteiger partial charge in [-0.2, -0.15) is 0 Å². The average Bonchev–Trinajstić information content (AvgIpc) is 2.90. The van der Waals surface area contributed by atoms with Gasteiger partial charge in [-0.25, -0.2) is 9.79 Å². The highest BCUT2D eigenvalue weighted by molar-refractivity contribution is 6.31. The van der Waals surface area contributed by atoms with Crippen molar-refractivity contribution < 1.29 is 15.0 Å². The Morgan fingerprint density at radius 3 is 2.50 bits per heavy atom. The summed E-state index contributed by atoms with van der Waals surface area (Å²) >= 11 is 6.10. The number of hydrogen-bond donors (Lipinski definition) is 2. The number of aliphatic hydroxyl groups is 1. The first-order valence-electron chi connectivity index (χ1n) is 7.46. The molecule has 2 N–H and O–H groups in total. The van der Waals surface area contributed by atoms with Crippen molar-refractivity contribution in [2.45, 2.75) is 19.6 Å². The molecule has 0 fully saturated rings. The number of aliphatic imine (C=N–C) groups is 1. The Balaban J connectivity index is 2.14. The number of aryl methyl sites for hydroxylation is 2. The largest absolute Gasteiger partial charge is 0.478 e. The molecule has 1 aliphatic heterocycles. The minimum Gasteiger partial charge on any atom is -0.478 e. The van der Waals surface area contributed by atoms with Crippen LogP contribution in [0.5, 0.6) is 0 Å². The molecule has 5 nitrogen and oxygen atoms in total. The van der Waals surface area contributed by atoms with Crippen LogP contribution in [-0.2, 0) is 4.79 Å². The van der Waals surface area contributed by atoms with Crippen LogP contribution in [0.4, 0.5) is 5.69 Å². The van der Waals surface area contributed by atoms with Gasteiger partial charge in [-0.1, -0.05) is 47.5 Å². The maximum atomic E-state index is 11.5. The predicted molar refractivity (Wildman–Crippen MR) is 93.8 cm³/mol. The zero-order chi connectivity index (χ0) is 17.5. The molecule has 2 aromatic carbocycles. The van der Waals surface area contributed by atoms with Gasteiger partial charge in [0.15, 0.2) is 0 Å².